The van der Waals surface area contributed by atoms with E-state index in [2.05, 4.69) is 27.3 Å². The van der Waals surface area contributed by atoms with E-state index < -0.39 is 0 Å². The largest absolute Gasteiger partial charge is 0.420 e. The Labute approximate surface area is 146 Å². The topological polar surface area (TPSA) is 80.5 Å². The molecule has 1 N–H and O–H groups in total. The van der Waals surface area contributed by atoms with Crippen molar-refractivity contribution in [2.24, 2.45) is 5.92 Å². The maximum Gasteiger partial charge on any atom is 0.420 e. The van der Waals surface area contributed by atoms with Crippen molar-refractivity contribution in [1.29, 1.82) is 0 Å². The summed E-state index contributed by atoms with van der Waals surface area (Å²) in [4.78, 5) is 15.1. The van der Waals surface area contributed by atoms with Gasteiger partial charge < -0.3 is 14.5 Å². The van der Waals surface area contributed by atoms with Crippen LogP contribution in [0.4, 0.5) is 0 Å². The van der Waals surface area contributed by atoms with E-state index in [0.29, 0.717) is 29.2 Å². The monoisotopic (exact) mass is 342 g/mol. The zero-order valence-electron chi connectivity index (χ0n) is 14.4. The average Bonchev–Trinajstić information content (AvgIpc) is 3.04. The first-order valence-electron chi connectivity index (χ1n) is 8.73. The van der Waals surface area contributed by atoms with E-state index in [0.717, 1.165) is 13.1 Å². The van der Waals surface area contributed by atoms with Crippen LogP contribution in [0.1, 0.15) is 36.0 Å². The number of aromatic nitrogens is 2. The Morgan fingerprint density at radius 3 is 2.56 bits per heavy atom. The van der Waals surface area contributed by atoms with E-state index in [9.17, 15) is 4.79 Å². The number of amides is 1. The van der Waals surface area contributed by atoms with Crippen LogP contribution in [-0.4, -0.2) is 46.2 Å². The Balaban J connectivity index is 1.40. The summed E-state index contributed by atoms with van der Waals surface area (Å²) in [5, 5.41) is 10.7. The molecule has 1 amide bonds. The lowest BCUT2D eigenvalue weighted by molar-refractivity contribution is 0.0217. The van der Waals surface area contributed by atoms with Gasteiger partial charge in [0.05, 0.1) is 0 Å². The number of benzene rings is 1. The summed E-state index contributed by atoms with van der Waals surface area (Å²) in [7, 11) is 0. The standard InChI is InChI=1S/C18H22N4O3/c1-11-16(13-7-9-22(11)10-8-13)19-17(23)14-3-5-15(6-4-14)25-18-21-20-12(2)24-18/h3-6,11,13,16H,7-10H2,1-2H3,(H,19,23)/t11-,16-/m0/s1. The van der Waals surface area contributed by atoms with Crippen LogP contribution in [0.25, 0.3) is 0 Å². The van der Waals surface area contributed by atoms with Crippen LogP contribution in [0.3, 0.4) is 0 Å². The molecule has 1 aromatic carbocycles. The van der Waals surface area contributed by atoms with Crippen LogP contribution in [0, 0.1) is 12.8 Å². The molecule has 3 aliphatic heterocycles. The van der Waals surface area contributed by atoms with Gasteiger partial charge in [-0.05, 0) is 63.0 Å². The van der Waals surface area contributed by atoms with E-state index in [1.54, 1.807) is 31.2 Å². The highest BCUT2D eigenvalue weighted by atomic mass is 16.6. The van der Waals surface area contributed by atoms with Gasteiger partial charge in [-0.3, -0.25) is 9.69 Å². The number of rotatable bonds is 4. The van der Waals surface area contributed by atoms with Gasteiger partial charge in [0.25, 0.3) is 5.91 Å². The van der Waals surface area contributed by atoms with E-state index in [1.165, 1.54) is 12.8 Å². The third-order valence-corrected chi connectivity index (χ3v) is 5.30. The number of hydrogen-bond donors (Lipinski definition) is 1. The molecule has 7 nitrogen and oxygen atoms in total. The van der Waals surface area contributed by atoms with Gasteiger partial charge in [-0.2, -0.15) is 0 Å². The summed E-state index contributed by atoms with van der Waals surface area (Å²) in [5.41, 5.74) is 0.623. The lowest BCUT2D eigenvalue weighted by atomic mass is 9.79. The van der Waals surface area contributed by atoms with Gasteiger partial charge in [0.1, 0.15) is 5.75 Å². The van der Waals surface area contributed by atoms with Gasteiger partial charge in [0, 0.05) is 24.6 Å². The molecule has 0 saturated carbocycles. The minimum Gasteiger partial charge on any atom is -0.410 e. The molecule has 0 radical (unpaired) electrons. The van der Waals surface area contributed by atoms with E-state index in [4.69, 9.17) is 9.15 Å². The Hall–Kier alpha value is -2.41. The minimum atomic E-state index is -0.0363. The molecule has 0 spiro atoms. The van der Waals surface area contributed by atoms with E-state index in [-0.39, 0.29) is 18.0 Å². The number of carbonyl (C=O) groups excluding carboxylic acids is 1. The SMILES string of the molecule is Cc1nnc(Oc2ccc(C(=O)N[C@@H]3C4CCN(CC4)[C@H]3C)cc2)o1. The normalized spacial score (nSPS) is 27.9. The Morgan fingerprint density at radius 2 is 1.96 bits per heavy atom. The van der Waals surface area contributed by atoms with Crippen molar-refractivity contribution < 1.29 is 13.9 Å². The smallest absolute Gasteiger partial charge is 0.410 e. The van der Waals surface area contributed by atoms with Gasteiger partial charge in [0.15, 0.2) is 0 Å². The highest BCUT2D eigenvalue weighted by Crippen LogP contribution is 2.32. The molecule has 2 aromatic rings. The first kappa shape index (κ1) is 16.1. The van der Waals surface area contributed by atoms with Crippen molar-refractivity contribution in [2.45, 2.75) is 38.8 Å². The maximum absolute atomic E-state index is 12.6. The number of carbonyl (C=O) groups is 1. The average molecular weight is 342 g/mol. The highest BCUT2D eigenvalue weighted by Gasteiger charge is 2.40. The second-order valence-corrected chi connectivity index (χ2v) is 6.83. The number of hydrogen-bond acceptors (Lipinski definition) is 6. The second kappa shape index (κ2) is 6.48. The minimum absolute atomic E-state index is 0.0363. The number of ether oxygens (including phenoxy) is 1. The summed E-state index contributed by atoms with van der Waals surface area (Å²) >= 11 is 0. The van der Waals surface area contributed by atoms with Gasteiger partial charge in [0.2, 0.25) is 5.89 Å². The molecule has 7 heteroatoms. The van der Waals surface area contributed by atoms with Crippen LogP contribution < -0.4 is 10.1 Å². The number of piperidine rings is 3. The molecule has 132 valence electrons. The van der Waals surface area contributed by atoms with Crippen molar-refractivity contribution in [1.82, 2.24) is 20.4 Å². The fourth-order valence-electron chi connectivity index (χ4n) is 3.87. The molecule has 3 aliphatic rings. The lowest BCUT2D eigenvalue weighted by Crippen LogP contribution is -2.62. The fraction of sp³-hybridized carbons (Fsp3) is 0.500. The van der Waals surface area contributed by atoms with Crippen molar-refractivity contribution in [3.8, 4) is 11.8 Å². The molecular formula is C18H22N4O3. The third-order valence-electron chi connectivity index (χ3n) is 5.30. The number of fused-ring (bicyclic) bond motifs is 3. The molecule has 5 rings (SSSR count). The second-order valence-electron chi connectivity index (χ2n) is 6.83. The Morgan fingerprint density at radius 1 is 1.24 bits per heavy atom. The molecule has 0 aliphatic carbocycles. The summed E-state index contributed by atoms with van der Waals surface area (Å²) in [6.45, 7) is 6.21. The molecular weight excluding hydrogens is 320 g/mol. The Kier molecular flexibility index (Phi) is 4.17. The first-order valence-corrected chi connectivity index (χ1v) is 8.73. The van der Waals surface area contributed by atoms with Crippen molar-refractivity contribution in [3.05, 3.63) is 35.7 Å². The van der Waals surface area contributed by atoms with Crippen LogP contribution in [0.15, 0.2) is 28.7 Å². The summed E-state index contributed by atoms with van der Waals surface area (Å²) in [5.74, 6) is 1.55. The molecule has 25 heavy (non-hydrogen) atoms. The maximum atomic E-state index is 12.6. The summed E-state index contributed by atoms with van der Waals surface area (Å²) in [6.07, 6.45) is 2.44. The highest BCUT2D eigenvalue weighted by molar-refractivity contribution is 5.94. The Bertz CT molecular complexity index is 748. The zero-order valence-corrected chi connectivity index (χ0v) is 14.4. The van der Waals surface area contributed by atoms with Crippen molar-refractivity contribution in [3.63, 3.8) is 0 Å². The van der Waals surface area contributed by atoms with Crippen LogP contribution >= 0.6 is 0 Å². The van der Waals surface area contributed by atoms with Crippen molar-refractivity contribution in [2.75, 3.05) is 13.1 Å². The fourth-order valence-corrected chi connectivity index (χ4v) is 3.87. The molecule has 2 bridgehead atoms. The van der Waals surface area contributed by atoms with E-state index >= 15 is 0 Å². The molecule has 1 aromatic heterocycles. The summed E-state index contributed by atoms with van der Waals surface area (Å²) < 4.78 is 10.6. The third kappa shape index (κ3) is 3.24. The predicted octanol–water partition coefficient (Wildman–Crippen LogP) is 2.38. The first-order chi connectivity index (χ1) is 12.1. The van der Waals surface area contributed by atoms with Gasteiger partial charge in [-0.1, -0.05) is 5.10 Å². The predicted molar refractivity (Wildman–Crippen MR) is 90.6 cm³/mol. The van der Waals surface area contributed by atoms with Gasteiger partial charge in [-0.25, -0.2) is 0 Å². The van der Waals surface area contributed by atoms with Crippen LogP contribution in [0.5, 0.6) is 11.8 Å². The van der Waals surface area contributed by atoms with E-state index in [1.807, 2.05) is 0 Å². The molecule has 3 fully saturated rings. The number of aryl methyl sites for hydroxylation is 1. The van der Waals surface area contributed by atoms with Crippen LogP contribution in [0.2, 0.25) is 0 Å². The molecule has 3 saturated heterocycles. The lowest BCUT2D eigenvalue weighted by Gasteiger charge is -2.49. The molecule has 2 atom stereocenters. The zero-order chi connectivity index (χ0) is 17.4. The quantitative estimate of drug-likeness (QED) is 0.919. The molecule has 4 heterocycles. The summed E-state index contributed by atoms with van der Waals surface area (Å²) in [6, 6.07) is 7.59. The van der Waals surface area contributed by atoms with Gasteiger partial charge in [-0.15, -0.1) is 5.10 Å². The number of nitrogens with one attached hydrogen (secondary N) is 1. The van der Waals surface area contributed by atoms with Crippen LogP contribution in [-0.2, 0) is 0 Å². The van der Waals surface area contributed by atoms with Gasteiger partial charge >= 0.3 is 6.08 Å². The van der Waals surface area contributed by atoms with Crippen molar-refractivity contribution >= 4 is 5.91 Å². The molecule has 0 unspecified atom stereocenters. The number of nitrogens with zero attached hydrogens (tertiary/aromatic N) is 3.